The summed E-state index contributed by atoms with van der Waals surface area (Å²) in [5.74, 6) is -2.03. The van der Waals surface area contributed by atoms with Crippen LogP contribution in [0.1, 0.15) is 5.56 Å². The van der Waals surface area contributed by atoms with Crippen molar-refractivity contribution in [2.75, 3.05) is 26.3 Å². The van der Waals surface area contributed by atoms with E-state index in [9.17, 15) is 26.4 Å². The molecule has 1 saturated heterocycles. The van der Waals surface area contributed by atoms with E-state index in [0.29, 0.717) is 0 Å². The predicted molar refractivity (Wildman–Crippen MR) is 82.1 cm³/mol. The number of sulfonamides is 1. The van der Waals surface area contributed by atoms with Crippen LogP contribution in [0.5, 0.6) is 5.75 Å². The zero-order valence-corrected chi connectivity index (χ0v) is 14.0. The first kappa shape index (κ1) is 18.7. The molecule has 2 aliphatic rings. The monoisotopic (exact) mass is 393 g/mol. The smallest absolute Gasteiger partial charge is 0.430 e. The van der Waals surface area contributed by atoms with E-state index in [1.54, 1.807) is 0 Å². The molecule has 0 unspecified atom stereocenters. The number of carboxylic acid groups (broad SMARTS) is 1. The lowest BCUT2D eigenvalue weighted by Gasteiger charge is -2.28. The van der Waals surface area contributed by atoms with E-state index in [1.165, 1.54) is 4.31 Å². The molecule has 0 aromatic heterocycles. The molecule has 1 N–H and O–H groups in total. The number of hydrogen-bond acceptors (Lipinski definition) is 5. The second kappa shape index (κ2) is 6.56. The van der Waals surface area contributed by atoms with Crippen LogP contribution < -0.4 is 4.74 Å². The Hall–Kier alpha value is -2.11. The summed E-state index contributed by atoms with van der Waals surface area (Å²) in [4.78, 5) is 11.0. The molecule has 7 nitrogen and oxygen atoms in total. The molecule has 3 rings (SSSR count). The molecule has 0 amide bonds. The number of fused-ring (bicyclic) bond motifs is 1. The maximum absolute atomic E-state index is 13.0. The number of nitrogens with zero attached hydrogens (tertiary/aromatic N) is 1. The summed E-state index contributed by atoms with van der Waals surface area (Å²) in [6.45, 7) is 0.789. The maximum Gasteiger partial charge on any atom is 0.430 e. The number of hydrogen-bond donors (Lipinski definition) is 1. The lowest BCUT2D eigenvalue weighted by atomic mass is 10.0. The number of ether oxygens (including phenoxy) is 2. The molecule has 0 saturated carbocycles. The molecular weight excluding hydrogens is 379 g/mol. The predicted octanol–water partition coefficient (Wildman–Crippen LogP) is 1.50. The van der Waals surface area contributed by atoms with Crippen LogP contribution in [0, 0.1) is 0 Å². The molecule has 0 radical (unpaired) electrons. The molecule has 2 aliphatic heterocycles. The van der Waals surface area contributed by atoms with Crippen molar-refractivity contribution in [1.29, 1.82) is 0 Å². The van der Waals surface area contributed by atoms with Crippen LogP contribution in [0.4, 0.5) is 13.2 Å². The van der Waals surface area contributed by atoms with Gasteiger partial charge in [0.1, 0.15) is 5.75 Å². The molecule has 142 valence electrons. The third kappa shape index (κ3) is 3.41. The maximum atomic E-state index is 13.0. The van der Waals surface area contributed by atoms with Crippen molar-refractivity contribution < 1.29 is 41.0 Å². The lowest BCUT2D eigenvalue weighted by Crippen LogP contribution is -2.41. The van der Waals surface area contributed by atoms with E-state index < -0.39 is 33.8 Å². The van der Waals surface area contributed by atoms with Crippen molar-refractivity contribution in [3.8, 4) is 5.75 Å². The summed E-state index contributed by atoms with van der Waals surface area (Å²) in [6.07, 6.45) is -6.74. The van der Waals surface area contributed by atoms with E-state index in [4.69, 9.17) is 14.6 Å². The van der Waals surface area contributed by atoms with Gasteiger partial charge in [0.15, 0.2) is 0 Å². The van der Waals surface area contributed by atoms with Crippen molar-refractivity contribution in [3.05, 3.63) is 29.3 Å². The Morgan fingerprint density at radius 3 is 2.46 bits per heavy atom. The van der Waals surface area contributed by atoms with E-state index in [1.807, 2.05) is 0 Å². The average Bonchev–Trinajstić information content (AvgIpc) is 2.60. The fraction of sp³-hybridized carbons (Fsp3) is 0.400. The molecule has 0 spiro atoms. The number of alkyl halides is 3. The fourth-order valence-corrected chi connectivity index (χ4v) is 4.14. The summed E-state index contributed by atoms with van der Waals surface area (Å²) in [7, 11) is -3.88. The van der Waals surface area contributed by atoms with Gasteiger partial charge in [-0.25, -0.2) is 13.2 Å². The summed E-state index contributed by atoms with van der Waals surface area (Å²) < 4.78 is 75.4. The van der Waals surface area contributed by atoms with Crippen molar-refractivity contribution in [1.82, 2.24) is 4.31 Å². The topological polar surface area (TPSA) is 93.1 Å². The van der Waals surface area contributed by atoms with Gasteiger partial charge < -0.3 is 14.6 Å². The van der Waals surface area contributed by atoms with Crippen molar-refractivity contribution in [2.45, 2.75) is 17.2 Å². The molecule has 26 heavy (non-hydrogen) atoms. The first-order valence-electron chi connectivity index (χ1n) is 7.51. The molecule has 11 heteroatoms. The summed E-state index contributed by atoms with van der Waals surface area (Å²) in [5, 5.41) is 9.04. The van der Waals surface area contributed by atoms with E-state index in [-0.39, 0.29) is 42.5 Å². The molecule has 1 atom stereocenters. The highest BCUT2D eigenvalue weighted by Crippen LogP contribution is 2.38. The van der Waals surface area contributed by atoms with Crippen molar-refractivity contribution in [3.63, 3.8) is 0 Å². The zero-order valence-electron chi connectivity index (χ0n) is 13.2. The van der Waals surface area contributed by atoms with Gasteiger partial charge in [0.05, 0.1) is 23.7 Å². The highest BCUT2D eigenvalue weighted by atomic mass is 32.2. The van der Waals surface area contributed by atoms with Gasteiger partial charge in [0, 0.05) is 18.7 Å². The zero-order chi connectivity index (χ0) is 19.1. The van der Waals surface area contributed by atoms with Gasteiger partial charge in [-0.2, -0.15) is 17.5 Å². The highest BCUT2D eigenvalue weighted by Gasteiger charge is 2.48. The number of carbonyl (C=O) groups is 1. The minimum Gasteiger partial charge on any atom is -0.478 e. The molecule has 0 bridgehead atoms. The fourth-order valence-electron chi connectivity index (χ4n) is 2.69. The number of aliphatic carboxylic acids is 1. The van der Waals surface area contributed by atoms with Crippen LogP contribution in [0.15, 0.2) is 28.7 Å². The Bertz CT molecular complexity index is 859. The second-order valence-electron chi connectivity index (χ2n) is 5.66. The van der Waals surface area contributed by atoms with Crippen LogP contribution in [0.25, 0.3) is 6.08 Å². The Kier molecular flexibility index (Phi) is 4.71. The standard InChI is InChI=1S/C15H14F3NO6S/c16-15(17,18)13-11(14(20)21)8-9-7-10(1-2-12(9)25-13)26(22,23)19-3-5-24-6-4-19/h1-2,7-8,13H,3-6H2,(H,20,21)/t13-/m0/s1. The molecule has 1 aromatic carbocycles. The number of carboxylic acids is 1. The minimum absolute atomic E-state index is 0.0442. The van der Waals surface area contributed by atoms with E-state index in [2.05, 4.69) is 0 Å². The van der Waals surface area contributed by atoms with Gasteiger partial charge in [0.25, 0.3) is 0 Å². The van der Waals surface area contributed by atoms with Crippen LogP contribution in [0.2, 0.25) is 0 Å². The van der Waals surface area contributed by atoms with Gasteiger partial charge in [-0.15, -0.1) is 0 Å². The van der Waals surface area contributed by atoms with Gasteiger partial charge >= 0.3 is 12.1 Å². The summed E-state index contributed by atoms with van der Waals surface area (Å²) in [6, 6.07) is 3.34. The SMILES string of the molecule is O=C(O)C1=Cc2cc(S(=O)(=O)N3CCOCC3)ccc2O[C@@H]1C(F)(F)F. The van der Waals surface area contributed by atoms with Gasteiger partial charge in [0.2, 0.25) is 16.1 Å². The van der Waals surface area contributed by atoms with Crippen LogP contribution in [-0.2, 0) is 19.6 Å². The Labute approximate surface area is 146 Å². The molecule has 1 fully saturated rings. The summed E-state index contributed by atoms with van der Waals surface area (Å²) >= 11 is 0. The number of morpholine rings is 1. The van der Waals surface area contributed by atoms with Crippen LogP contribution in [0.3, 0.4) is 0 Å². The van der Waals surface area contributed by atoms with Crippen molar-refractivity contribution in [2.24, 2.45) is 0 Å². The molecule has 2 heterocycles. The highest BCUT2D eigenvalue weighted by molar-refractivity contribution is 7.89. The number of halogens is 3. The molecular formula is C15H14F3NO6S. The van der Waals surface area contributed by atoms with E-state index in [0.717, 1.165) is 24.3 Å². The third-order valence-electron chi connectivity index (χ3n) is 3.97. The van der Waals surface area contributed by atoms with Gasteiger partial charge in [-0.05, 0) is 24.3 Å². The third-order valence-corrected chi connectivity index (χ3v) is 5.87. The minimum atomic E-state index is -4.92. The van der Waals surface area contributed by atoms with Crippen LogP contribution >= 0.6 is 0 Å². The summed E-state index contributed by atoms with van der Waals surface area (Å²) in [5.41, 5.74) is -1.05. The first-order chi connectivity index (χ1) is 12.1. The Morgan fingerprint density at radius 2 is 1.88 bits per heavy atom. The van der Waals surface area contributed by atoms with Crippen LogP contribution in [-0.4, -0.2) is 62.4 Å². The lowest BCUT2D eigenvalue weighted by molar-refractivity contribution is -0.187. The number of benzene rings is 1. The second-order valence-corrected chi connectivity index (χ2v) is 7.60. The van der Waals surface area contributed by atoms with Gasteiger partial charge in [-0.1, -0.05) is 0 Å². The van der Waals surface area contributed by atoms with Gasteiger partial charge in [-0.3, -0.25) is 0 Å². The van der Waals surface area contributed by atoms with E-state index >= 15 is 0 Å². The largest absolute Gasteiger partial charge is 0.478 e. The molecule has 1 aromatic rings. The normalized spacial score (nSPS) is 21.5. The Balaban J connectivity index is 2.01. The Morgan fingerprint density at radius 1 is 1.23 bits per heavy atom. The van der Waals surface area contributed by atoms with Crippen molar-refractivity contribution >= 4 is 22.1 Å². The quantitative estimate of drug-likeness (QED) is 0.837. The molecule has 0 aliphatic carbocycles. The average molecular weight is 393 g/mol. The first-order valence-corrected chi connectivity index (χ1v) is 8.95. The number of rotatable bonds is 3.